The average Bonchev–Trinajstić information content (AvgIpc) is 3.03. The molecule has 3 rings (SSSR count). The van der Waals surface area contributed by atoms with Gasteiger partial charge in [0.2, 0.25) is 0 Å². The molecule has 6 heteroatoms. The quantitative estimate of drug-likeness (QED) is 0.702. The van der Waals surface area contributed by atoms with Gasteiger partial charge in [-0.1, -0.05) is 30.3 Å². The van der Waals surface area contributed by atoms with Gasteiger partial charge in [-0.15, -0.1) is 0 Å². The predicted octanol–water partition coefficient (Wildman–Crippen LogP) is 2.76. The van der Waals surface area contributed by atoms with Gasteiger partial charge >= 0.3 is 5.97 Å². The minimum atomic E-state index is -0.492. The lowest BCUT2D eigenvalue weighted by atomic mass is 10.1. The van der Waals surface area contributed by atoms with Gasteiger partial charge in [0.15, 0.2) is 6.61 Å². The van der Waals surface area contributed by atoms with E-state index in [2.05, 4.69) is 10.3 Å². The summed E-state index contributed by atoms with van der Waals surface area (Å²) in [5.41, 5.74) is 2.50. The molecule has 0 aliphatic rings. The zero-order valence-corrected chi connectivity index (χ0v) is 13.3. The number of ether oxygens (including phenoxy) is 1. The van der Waals surface area contributed by atoms with E-state index >= 15 is 0 Å². The van der Waals surface area contributed by atoms with E-state index in [9.17, 15) is 9.59 Å². The van der Waals surface area contributed by atoms with E-state index in [1.165, 1.54) is 0 Å². The number of rotatable bonds is 5. The topological polar surface area (TPSA) is 95.0 Å². The van der Waals surface area contributed by atoms with Crippen LogP contribution in [0.5, 0.6) is 0 Å². The zero-order valence-electron chi connectivity index (χ0n) is 13.3. The van der Waals surface area contributed by atoms with Gasteiger partial charge < -0.3 is 15.0 Å². The Labute approximate surface area is 144 Å². The van der Waals surface area contributed by atoms with Gasteiger partial charge in [0.1, 0.15) is 6.07 Å². The Morgan fingerprint density at radius 2 is 1.88 bits per heavy atom. The van der Waals surface area contributed by atoms with Crippen LogP contribution in [0.15, 0.2) is 54.7 Å². The lowest BCUT2D eigenvalue weighted by Crippen LogP contribution is -2.22. The van der Waals surface area contributed by atoms with E-state index in [4.69, 9.17) is 10.00 Å². The molecular weight excluding hydrogens is 318 g/mol. The fraction of sp³-hybridized carbons (Fsp3) is 0.105. The van der Waals surface area contributed by atoms with Crippen LogP contribution in [0.2, 0.25) is 0 Å². The molecule has 0 radical (unpaired) electrons. The summed E-state index contributed by atoms with van der Waals surface area (Å²) in [7, 11) is 0. The number of nitrogens with one attached hydrogen (secondary N) is 2. The summed E-state index contributed by atoms with van der Waals surface area (Å²) in [5, 5.41) is 12.5. The number of nitriles is 1. The summed E-state index contributed by atoms with van der Waals surface area (Å²) < 4.78 is 5.02. The number of para-hydroxylation sites is 2. The molecule has 0 fully saturated rings. The Morgan fingerprint density at radius 1 is 1.12 bits per heavy atom. The van der Waals surface area contributed by atoms with E-state index in [0.717, 1.165) is 16.5 Å². The molecule has 0 atom stereocenters. The van der Waals surface area contributed by atoms with Gasteiger partial charge in [0, 0.05) is 17.1 Å². The molecule has 2 aromatic carbocycles. The van der Waals surface area contributed by atoms with Crippen LogP contribution in [0.3, 0.4) is 0 Å². The molecule has 0 saturated carbocycles. The predicted molar refractivity (Wildman–Crippen MR) is 92.7 cm³/mol. The van der Waals surface area contributed by atoms with Crippen LogP contribution in [0.4, 0.5) is 5.69 Å². The van der Waals surface area contributed by atoms with E-state index < -0.39 is 18.5 Å². The van der Waals surface area contributed by atoms with Crippen molar-refractivity contribution in [3.8, 4) is 6.07 Å². The highest BCUT2D eigenvalue weighted by atomic mass is 16.5. The van der Waals surface area contributed by atoms with Crippen molar-refractivity contribution < 1.29 is 14.3 Å². The van der Waals surface area contributed by atoms with Gasteiger partial charge in [0.05, 0.1) is 17.7 Å². The first-order valence-electron chi connectivity index (χ1n) is 7.67. The molecule has 1 amide bonds. The monoisotopic (exact) mass is 333 g/mol. The van der Waals surface area contributed by atoms with Gasteiger partial charge in [-0.25, -0.2) is 0 Å². The second-order valence-corrected chi connectivity index (χ2v) is 5.40. The number of anilines is 1. The van der Waals surface area contributed by atoms with Crippen LogP contribution in [0.1, 0.15) is 11.1 Å². The molecule has 0 unspecified atom stereocenters. The fourth-order valence-corrected chi connectivity index (χ4v) is 2.51. The van der Waals surface area contributed by atoms with Crippen molar-refractivity contribution in [3.05, 3.63) is 65.9 Å². The SMILES string of the molecule is N#Cc1ccccc1NC(=O)COC(=O)Cc1c[nH]c2ccccc12. The Kier molecular flexibility index (Phi) is 4.77. The zero-order chi connectivity index (χ0) is 17.6. The molecular formula is C19H15N3O3. The number of aromatic amines is 1. The van der Waals surface area contributed by atoms with Crippen molar-refractivity contribution in [2.75, 3.05) is 11.9 Å². The molecule has 0 bridgehead atoms. The minimum absolute atomic E-state index is 0.0755. The number of H-pyrrole nitrogens is 1. The maximum atomic E-state index is 12.0. The van der Waals surface area contributed by atoms with Crippen LogP contribution in [0, 0.1) is 11.3 Å². The third-order valence-corrected chi connectivity index (χ3v) is 3.70. The van der Waals surface area contributed by atoms with Crippen molar-refractivity contribution in [2.45, 2.75) is 6.42 Å². The molecule has 0 aliphatic heterocycles. The fourth-order valence-electron chi connectivity index (χ4n) is 2.51. The second kappa shape index (κ2) is 7.32. The Hall–Kier alpha value is -3.59. The number of amides is 1. The van der Waals surface area contributed by atoms with Gasteiger partial charge in [-0.05, 0) is 23.8 Å². The maximum absolute atomic E-state index is 12.0. The summed E-state index contributed by atoms with van der Waals surface area (Å²) in [6.45, 7) is -0.402. The van der Waals surface area contributed by atoms with Gasteiger partial charge in [-0.2, -0.15) is 5.26 Å². The molecule has 124 valence electrons. The summed E-state index contributed by atoms with van der Waals surface area (Å²) >= 11 is 0. The van der Waals surface area contributed by atoms with Gasteiger partial charge in [0.25, 0.3) is 5.91 Å². The largest absolute Gasteiger partial charge is 0.455 e. The normalized spacial score (nSPS) is 10.2. The number of hydrogen-bond acceptors (Lipinski definition) is 4. The molecule has 0 aliphatic carbocycles. The smallest absolute Gasteiger partial charge is 0.310 e. The highest BCUT2D eigenvalue weighted by Gasteiger charge is 2.12. The van der Waals surface area contributed by atoms with Crippen LogP contribution in [0.25, 0.3) is 10.9 Å². The molecule has 3 aromatic rings. The number of carbonyl (C=O) groups excluding carboxylic acids is 2. The summed E-state index contributed by atoms with van der Waals surface area (Å²) in [6, 6.07) is 16.2. The van der Waals surface area contributed by atoms with E-state index in [-0.39, 0.29) is 6.42 Å². The van der Waals surface area contributed by atoms with E-state index in [0.29, 0.717) is 11.3 Å². The van der Waals surface area contributed by atoms with Crippen LogP contribution < -0.4 is 5.32 Å². The van der Waals surface area contributed by atoms with E-state index in [1.807, 2.05) is 30.3 Å². The Balaban J connectivity index is 1.55. The van der Waals surface area contributed by atoms with Crippen LogP contribution in [-0.4, -0.2) is 23.5 Å². The lowest BCUT2D eigenvalue weighted by molar-refractivity contribution is -0.146. The van der Waals surface area contributed by atoms with Crippen molar-refractivity contribution in [1.29, 1.82) is 5.26 Å². The molecule has 0 saturated heterocycles. The minimum Gasteiger partial charge on any atom is -0.455 e. The lowest BCUT2D eigenvalue weighted by Gasteiger charge is -2.07. The highest BCUT2D eigenvalue weighted by Crippen LogP contribution is 2.18. The summed E-state index contributed by atoms with van der Waals surface area (Å²) in [5.74, 6) is -0.983. The molecule has 2 N–H and O–H groups in total. The molecule has 1 heterocycles. The van der Waals surface area contributed by atoms with Crippen LogP contribution >= 0.6 is 0 Å². The number of aromatic nitrogens is 1. The summed E-state index contributed by atoms with van der Waals surface area (Å²) in [4.78, 5) is 26.9. The number of carbonyl (C=O) groups is 2. The number of nitrogens with zero attached hydrogens (tertiary/aromatic N) is 1. The molecule has 6 nitrogen and oxygen atoms in total. The van der Waals surface area contributed by atoms with Crippen molar-refractivity contribution in [3.63, 3.8) is 0 Å². The third-order valence-electron chi connectivity index (χ3n) is 3.70. The number of benzene rings is 2. The molecule has 1 aromatic heterocycles. The van der Waals surface area contributed by atoms with Crippen molar-refractivity contribution in [1.82, 2.24) is 4.98 Å². The molecule has 0 spiro atoms. The Morgan fingerprint density at radius 3 is 2.72 bits per heavy atom. The number of esters is 1. The standard InChI is InChI=1S/C19H15N3O3/c20-10-13-5-1-3-7-16(13)22-18(23)12-25-19(24)9-14-11-21-17-8-4-2-6-15(14)17/h1-8,11,21H,9,12H2,(H,22,23). The first kappa shape index (κ1) is 16.3. The number of hydrogen-bond donors (Lipinski definition) is 2. The summed E-state index contributed by atoms with van der Waals surface area (Å²) in [6.07, 6.45) is 1.83. The van der Waals surface area contributed by atoms with Crippen LogP contribution in [-0.2, 0) is 20.7 Å². The van der Waals surface area contributed by atoms with Gasteiger partial charge in [-0.3, -0.25) is 9.59 Å². The average molecular weight is 333 g/mol. The maximum Gasteiger partial charge on any atom is 0.310 e. The number of fused-ring (bicyclic) bond motifs is 1. The van der Waals surface area contributed by atoms with Crippen molar-refractivity contribution in [2.24, 2.45) is 0 Å². The third kappa shape index (κ3) is 3.85. The molecule has 25 heavy (non-hydrogen) atoms. The highest BCUT2D eigenvalue weighted by molar-refractivity contribution is 5.94. The second-order valence-electron chi connectivity index (χ2n) is 5.40. The van der Waals surface area contributed by atoms with E-state index in [1.54, 1.807) is 30.5 Å². The Bertz CT molecular complexity index is 969. The first-order chi connectivity index (χ1) is 12.2. The van der Waals surface area contributed by atoms with Crippen molar-refractivity contribution >= 4 is 28.5 Å². The first-order valence-corrected chi connectivity index (χ1v) is 7.67.